The summed E-state index contributed by atoms with van der Waals surface area (Å²) in [5.74, 6) is -1.34. The van der Waals surface area contributed by atoms with Crippen molar-refractivity contribution in [1.82, 2.24) is 10.2 Å². The highest BCUT2D eigenvalue weighted by Gasteiger charge is 2.16. The number of hydrogen-bond acceptors (Lipinski definition) is 3. The Morgan fingerprint density at radius 2 is 2.00 bits per heavy atom. The van der Waals surface area contributed by atoms with Crippen molar-refractivity contribution in [3.05, 3.63) is 0 Å². The average Bonchev–Trinajstić information content (AvgIpc) is 2.21. The standard InChI is InChI=1S/C9H18N2O4/c1-3-5-11(4-2)9(15)10-6-7(12)8(13)14/h7,12H,3-6H2,1-2H3,(H,10,15)(H,13,14). The van der Waals surface area contributed by atoms with Crippen molar-refractivity contribution in [3.63, 3.8) is 0 Å². The van der Waals surface area contributed by atoms with Gasteiger partial charge in [-0.1, -0.05) is 6.92 Å². The molecule has 0 aliphatic heterocycles. The molecule has 0 fully saturated rings. The summed E-state index contributed by atoms with van der Waals surface area (Å²) < 4.78 is 0. The molecule has 15 heavy (non-hydrogen) atoms. The van der Waals surface area contributed by atoms with E-state index in [4.69, 9.17) is 10.2 Å². The summed E-state index contributed by atoms with van der Waals surface area (Å²) in [6, 6.07) is -0.348. The van der Waals surface area contributed by atoms with Crippen LogP contribution in [0.15, 0.2) is 0 Å². The number of rotatable bonds is 6. The Morgan fingerprint density at radius 1 is 1.40 bits per heavy atom. The van der Waals surface area contributed by atoms with E-state index in [1.165, 1.54) is 0 Å². The fourth-order valence-electron chi connectivity index (χ4n) is 1.06. The summed E-state index contributed by atoms with van der Waals surface area (Å²) in [6.45, 7) is 4.69. The Balaban J connectivity index is 3.95. The highest BCUT2D eigenvalue weighted by atomic mass is 16.4. The Bertz CT molecular complexity index is 220. The zero-order chi connectivity index (χ0) is 11.8. The van der Waals surface area contributed by atoms with Gasteiger partial charge >= 0.3 is 12.0 Å². The molecule has 0 saturated heterocycles. The molecule has 0 aromatic rings. The van der Waals surface area contributed by atoms with E-state index in [9.17, 15) is 9.59 Å². The molecule has 0 heterocycles. The molecule has 0 aliphatic rings. The van der Waals surface area contributed by atoms with Crippen LogP contribution in [-0.2, 0) is 4.79 Å². The lowest BCUT2D eigenvalue weighted by Crippen LogP contribution is -2.44. The van der Waals surface area contributed by atoms with Gasteiger partial charge in [0.05, 0.1) is 6.54 Å². The van der Waals surface area contributed by atoms with Crippen LogP contribution in [0, 0.1) is 0 Å². The van der Waals surface area contributed by atoms with Gasteiger partial charge in [0.25, 0.3) is 0 Å². The van der Waals surface area contributed by atoms with Crippen LogP contribution in [-0.4, -0.2) is 52.9 Å². The number of aliphatic hydroxyl groups excluding tert-OH is 1. The van der Waals surface area contributed by atoms with Crippen LogP contribution in [0.25, 0.3) is 0 Å². The van der Waals surface area contributed by atoms with E-state index in [-0.39, 0.29) is 12.6 Å². The third kappa shape index (κ3) is 5.21. The molecule has 1 unspecified atom stereocenters. The Kier molecular flexibility index (Phi) is 6.44. The smallest absolute Gasteiger partial charge is 0.334 e. The monoisotopic (exact) mass is 218 g/mol. The van der Waals surface area contributed by atoms with Gasteiger partial charge in [-0.3, -0.25) is 0 Å². The molecule has 0 radical (unpaired) electrons. The fourth-order valence-corrected chi connectivity index (χ4v) is 1.06. The van der Waals surface area contributed by atoms with Crippen LogP contribution < -0.4 is 5.32 Å². The molecule has 1 atom stereocenters. The molecular formula is C9H18N2O4. The molecular weight excluding hydrogens is 200 g/mol. The molecule has 0 rings (SSSR count). The van der Waals surface area contributed by atoms with Crippen LogP contribution in [0.3, 0.4) is 0 Å². The van der Waals surface area contributed by atoms with Crippen molar-refractivity contribution >= 4 is 12.0 Å². The third-order valence-electron chi connectivity index (χ3n) is 1.89. The first-order chi connectivity index (χ1) is 7.02. The maximum Gasteiger partial charge on any atom is 0.334 e. The zero-order valence-corrected chi connectivity index (χ0v) is 9.06. The SMILES string of the molecule is CCCN(CC)C(=O)NCC(O)C(=O)O. The Hall–Kier alpha value is -1.30. The number of hydrogen-bond donors (Lipinski definition) is 3. The molecule has 6 heteroatoms. The van der Waals surface area contributed by atoms with Gasteiger partial charge in [-0.2, -0.15) is 0 Å². The largest absolute Gasteiger partial charge is 0.479 e. The van der Waals surface area contributed by atoms with Crippen molar-refractivity contribution in [3.8, 4) is 0 Å². The predicted octanol–water partition coefficient (Wildman–Crippen LogP) is -0.127. The lowest BCUT2D eigenvalue weighted by Gasteiger charge is -2.20. The summed E-state index contributed by atoms with van der Waals surface area (Å²) in [5, 5.41) is 19.7. The summed E-state index contributed by atoms with van der Waals surface area (Å²) in [5.41, 5.74) is 0. The lowest BCUT2D eigenvalue weighted by molar-refractivity contribution is -0.146. The minimum Gasteiger partial charge on any atom is -0.479 e. The minimum absolute atomic E-state index is 0.269. The van der Waals surface area contributed by atoms with Gasteiger partial charge in [-0.05, 0) is 13.3 Å². The summed E-state index contributed by atoms with van der Waals surface area (Å²) in [7, 11) is 0. The van der Waals surface area contributed by atoms with Gasteiger partial charge < -0.3 is 20.4 Å². The molecule has 0 aliphatic carbocycles. The summed E-state index contributed by atoms with van der Waals surface area (Å²) in [6.07, 6.45) is -0.711. The fraction of sp³-hybridized carbons (Fsp3) is 0.778. The number of aliphatic carboxylic acids is 1. The first kappa shape index (κ1) is 13.7. The molecule has 0 saturated carbocycles. The first-order valence-electron chi connectivity index (χ1n) is 4.96. The van der Waals surface area contributed by atoms with Crippen LogP contribution in [0.5, 0.6) is 0 Å². The van der Waals surface area contributed by atoms with E-state index >= 15 is 0 Å². The minimum atomic E-state index is -1.55. The second kappa shape index (κ2) is 7.05. The normalized spacial score (nSPS) is 11.9. The molecule has 3 N–H and O–H groups in total. The number of carbonyl (C=O) groups excluding carboxylic acids is 1. The van der Waals surface area contributed by atoms with E-state index < -0.39 is 12.1 Å². The van der Waals surface area contributed by atoms with Crippen molar-refractivity contribution in [2.24, 2.45) is 0 Å². The van der Waals surface area contributed by atoms with E-state index in [2.05, 4.69) is 5.32 Å². The average molecular weight is 218 g/mol. The third-order valence-corrected chi connectivity index (χ3v) is 1.89. The molecule has 2 amide bonds. The number of carboxylic acids is 1. The summed E-state index contributed by atoms with van der Waals surface area (Å²) >= 11 is 0. The van der Waals surface area contributed by atoms with Crippen molar-refractivity contribution < 1.29 is 19.8 Å². The molecule has 6 nitrogen and oxygen atoms in total. The van der Waals surface area contributed by atoms with Crippen LogP contribution in [0.4, 0.5) is 4.79 Å². The highest BCUT2D eigenvalue weighted by molar-refractivity contribution is 5.76. The van der Waals surface area contributed by atoms with Crippen LogP contribution in [0.2, 0.25) is 0 Å². The van der Waals surface area contributed by atoms with Gasteiger partial charge in [-0.25, -0.2) is 9.59 Å². The molecule has 0 spiro atoms. The topological polar surface area (TPSA) is 89.9 Å². The van der Waals surface area contributed by atoms with Crippen LogP contribution in [0.1, 0.15) is 20.3 Å². The maximum atomic E-state index is 11.4. The number of carboxylic acid groups (broad SMARTS) is 1. The van der Waals surface area contributed by atoms with Gasteiger partial charge in [0.2, 0.25) is 0 Å². The number of aliphatic hydroxyl groups is 1. The predicted molar refractivity (Wildman–Crippen MR) is 54.6 cm³/mol. The second-order valence-corrected chi connectivity index (χ2v) is 3.12. The molecule has 0 aromatic carbocycles. The number of urea groups is 1. The zero-order valence-electron chi connectivity index (χ0n) is 9.06. The molecule has 88 valence electrons. The first-order valence-corrected chi connectivity index (χ1v) is 4.96. The van der Waals surface area contributed by atoms with E-state index in [1.807, 2.05) is 13.8 Å². The van der Waals surface area contributed by atoms with Crippen molar-refractivity contribution in [2.75, 3.05) is 19.6 Å². The van der Waals surface area contributed by atoms with Crippen LogP contribution >= 0.6 is 0 Å². The van der Waals surface area contributed by atoms with Gasteiger partial charge in [0.15, 0.2) is 6.10 Å². The lowest BCUT2D eigenvalue weighted by atomic mass is 10.3. The van der Waals surface area contributed by atoms with Crippen molar-refractivity contribution in [1.29, 1.82) is 0 Å². The Morgan fingerprint density at radius 3 is 2.40 bits per heavy atom. The van der Waals surface area contributed by atoms with Gasteiger partial charge in [-0.15, -0.1) is 0 Å². The Labute approximate surface area is 88.9 Å². The number of carbonyl (C=O) groups is 2. The highest BCUT2D eigenvalue weighted by Crippen LogP contribution is 1.92. The number of amides is 2. The van der Waals surface area contributed by atoms with E-state index in [1.54, 1.807) is 4.90 Å². The molecule has 0 aromatic heterocycles. The van der Waals surface area contributed by atoms with E-state index in [0.29, 0.717) is 13.1 Å². The van der Waals surface area contributed by atoms with E-state index in [0.717, 1.165) is 6.42 Å². The number of nitrogens with one attached hydrogen (secondary N) is 1. The van der Waals surface area contributed by atoms with Gasteiger partial charge in [0.1, 0.15) is 0 Å². The quantitative estimate of drug-likeness (QED) is 0.579. The molecule has 0 bridgehead atoms. The maximum absolute atomic E-state index is 11.4. The second-order valence-electron chi connectivity index (χ2n) is 3.12. The van der Waals surface area contributed by atoms with Crippen molar-refractivity contribution in [2.45, 2.75) is 26.4 Å². The van der Waals surface area contributed by atoms with Gasteiger partial charge in [0, 0.05) is 13.1 Å². The number of nitrogens with zero attached hydrogens (tertiary/aromatic N) is 1. The summed E-state index contributed by atoms with van der Waals surface area (Å²) in [4.78, 5) is 23.2.